The van der Waals surface area contributed by atoms with E-state index in [2.05, 4.69) is 5.32 Å². The standard InChI is InChI=1S/C23H29F3N2O3S/c1-21(2,3)16-22(4,5)27-20(29)15-28(32(30,31)19-12-7-6-8-13-19)18-11-9-10-17(14-18)23(24,25)26/h6-14H,15-16H2,1-5H3,(H,27,29). The summed E-state index contributed by atoms with van der Waals surface area (Å²) in [6.45, 7) is 9.00. The maximum Gasteiger partial charge on any atom is 0.416 e. The molecule has 5 nitrogen and oxygen atoms in total. The lowest BCUT2D eigenvalue weighted by atomic mass is 9.82. The number of carbonyl (C=O) groups is 1. The number of carbonyl (C=O) groups excluding carboxylic acids is 1. The molecule has 0 unspecified atom stereocenters. The number of hydrogen-bond donors (Lipinski definition) is 1. The fourth-order valence-corrected chi connectivity index (χ4v) is 5.22. The third kappa shape index (κ3) is 6.98. The Balaban J connectivity index is 2.45. The minimum Gasteiger partial charge on any atom is -0.350 e. The van der Waals surface area contributed by atoms with Crippen LogP contribution in [0.2, 0.25) is 0 Å². The number of amides is 1. The smallest absolute Gasteiger partial charge is 0.350 e. The Labute approximate surface area is 187 Å². The van der Waals surface area contributed by atoms with E-state index in [0.29, 0.717) is 10.7 Å². The normalized spacial score (nSPS) is 13.0. The molecule has 0 aliphatic carbocycles. The third-order valence-electron chi connectivity index (χ3n) is 4.53. The van der Waals surface area contributed by atoms with E-state index in [9.17, 15) is 26.4 Å². The predicted octanol–water partition coefficient (Wildman–Crippen LogP) is 5.23. The molecule has 0 saturated heterocycles. The molecule has 0 spiro atoms. The number of benzene rings is 2. The fourth-order valence-electron chi connectivity index (χ4n) is 3.79. The molecule has 0 radical (unpaired) electrons. The molecule has 2 aromatic rings. The second-order valence-corrected chi connectivity index (χ2v) is 11.4. The highest BCUT2D eigenvalue weighted by Gasteiger charge is 2.34. The van der Waals surface area contributed by atoms with Crippen molar-refractivity contribution in [3.8, 4) is 0 Å². The van der Waals surface area contributed by atoms with Gasteiger partial charge in [0.1, 0.15) is 6.54 Å². The summed E-state index contributed by atoms with van der Waals surface area (Å²) >= 11 is 0. The Morgan fingerprint density at radius 1 is 0.938 bits per heavy atom. The third-order valence-corrected chi connectivity index (χ3v) is 6.32. The second kappa shape index (κ2) is 9.13. The van der Waals surface area contributed by atoms with Crippen molar-refractivity contribution < 1.29 is 26.4 Å². The van der Waals surface area contributed by atoms with Crippen molar-refractivity contribution in [1.29, 1.82) is 0 Å². The SMILES string of the molecule is CC(C)(C)CC(C)(C)NC(=O)CN(c1cccc(C(F)(F)F)c1)S(=O)(=O)c1ccccc1. The van der Waals surface area contributed by atoms with Crippen LogP contribution in [0.3, 0.4) is 0 Å². The van der Waals surface area contributed by atoms with E-state index in [4.69, 9.17) is 0 Å². The van der Waals surface area contributed by atoms with E-state index in [1.54, 1.807) is 6.07 Å². The molecule has 176 valence electrons. The number of alkyl halides is 3. The van der Waals surface area contributed by atoms with E-state index >= 15 is 0 Å². The van der Waals surface area contributed by atoms with Crippen LogP contribution in [0.25, 0.3) is 0 Å². The van der Waals surface area contributed by atoms with Crippen molar-refractivity contribution in [3.05, 3.63) is 60.2 Å². The van der Waals surface area contributed by atoms with E-state index in [1.165, 1.54) is 30.3 Å². The Hall–Kier alpha value is -2.55. The van der Waals surface area contributed by atoms with Crippen molar-refractivity contribution in [2.24, 2.45) is 5.41 Å². The molecule has 2 aromatic carbocycles. The van der Waals surface area contributed by atoms with Crippen molar-refractivity contribution in [1.82, 2.24) is 5.32 Å². The van der Waals surface area contributed by atoms with E-state index < -0.39 is 39.8 Å². The van der Waals surface area contributed by atoms with Gasteiger partial charge in [-0.1, -0.05) is 45.0 Å². The summed E-state index contributed by atoms with van der Waals surface area (Å²) in [5, 5.41) is 2.81. The maximum atomic E-state index is 13.3. The van der Waals surface area contributed by atoms with E-state index in [0.717, 1.165) is 18.2 Å². The van der Waals surface area contributed by atoms with Gasteiger partial charge in [-0.05, 0) is 56.0 Å². The van der Waals surface area contributed by atoms with Gasteiger partial charge in [0.15, 0.2) is 0 Å². The number of nitrogens with zero attached hydrogens (tertiary/aromatic N) is 1. The number of halogens is 3. The minimum atomic E-state index is -4.66. The highest BCUT2D eigenvalue weighted by molar-refractivity contribution is 7.92. The summed E-state index contributed by atoms with van der Waals surface area (Å²) in [5.41, 5.74) is -2.00. The molecule has 0 aliphatic rings. The van der Waals surface area contributed by atoms with Gasteiger partial charge in [-0.15, -0.1) is 0 Å². The number of hydrogen-bond acceptors (Lipinski definition) is 3. The highest BCUT2D eigenvalue weighted by atomic mass is 32.2. The van der Waals surface area contributed by atoms with Gasteiger partial charge in [0, 0.05) is 5.54 Å². The van der Waals surface area contributed by atoms with Crippen molar-refractivity contribution in [2.75, 3.05) is 10.8 Å². The fraction of sp³-hybridized carbons (Fsp3) is 0.435. The zero-order valence-electron chi connectivity index (χ0n) is 18.8. The average Bonchev–Trinajstić information content (AvgIpc) is 2.63. The topological polar surface area (TPSA) is 66.5 Å². The molecule has 0 aromatic heterocycles. The van der Waals surface area contributed by atoms with Crippen LogP contribution in [0, 0.1) is 5.41 Å². The average molecular weight is 471 g/mol. The lowest BCUT2D eigenvalue weighted by Crippen LogP contribution is -2.50. The van der Waals surface area contributed by atoms with Gasteiger partial charge in [0.05, 0.1) is 16.1 Å². The summed E-state index contributed by atoms with van der Waals surface area (Å²) < 4.78 is 67.0. The first-order valence-electron chi connectivity index (χ1n) is 10.1. The molecule has 0 atom stereocenters. The molecule has 9 heteroatoms. The lowest BCUT2D eigenvalue weighted by Gasteiger charge is -2.34. The predicted molar refractivity (Wildman–Crippen MR) is 119 cm³/mol. The Morgan fingerprint density at radius 2 is 1.53 bits per heavy atom. The molecular weight excluding hydrogens is 441 g/mol. The quantitative estimate of drug-likeness (QED) is 0.603. The summed E-state index contributed by atoms with van der Waals surface area (Å²) in [6.07, 6.45) is -4.05. The Kier molecular flexibility index (Phi) is 7.34. The maximum absolute atomic E-state index is 13.3. The summed E-state index contributed by atoms with van der Waals surface area (Å²) in [4.78, 5) is 12.7. The number of rotatable bonds is 7. The first kappa shape index (κ1) is 25.7. The van der Waals surface area contributed by atoms with Crippen LogP contribution in [0.5, 0.6) is 0 Å². The monoisotopic (exact) mass is 470 g/mol. The van der Waals surface area contributed by atoms with Crippen LogP contribution in [0.1, 0.15) is 46.6 Å². The number of sulfonamides is 1. The van der Waals surface area contributed by atoms with E-state index in [1.807, 2.05) is 34.6 Å². The summed E-state index contributed by atoms with van der Waals surface area (Å²) in [6, 6.07) is 11.2. The second-order valence-electron chi connectivity index (χ2n) is 9.54. The molecular formula is C23H29F3N2O3S. The van der Waals surface area contributed by atoms with Crippen LogP contribution in [0.15, 0.2) is 59.5 Å². The Morgan fingerprint density at radius 3 is 2.06 bits per heavy atom. The largest absolute Gasteiger partial charge is 0.416 e. The first-order valence-corrected chi connectivity index (χ1v) is 11.5. The van der Waals surface area contributed by atoms with Gasteiger partial charge in [-0.3, -0.25) is 9.10 Å². The van der Waals surface area contributed by atoms with Gasteiger partial charge in [-0.25, -0.2) is 8.42 Å². The highest BCUT2D eigenvalue weighted by Crippen LogP contribution is 2.33. The van der Waals surface area contributed by atoms with Crippen molar-refractivity contribution in [2.45, 2.75) is 57.7 Å². The van der Waals surface area contributed by atoms with Crippen molar-refractivity contribution in [3.63, 3.8) is 0 Å². The molecule has 0 fully saturated rings. The van der Waals surface area contributed by atoms with Crippen LogP contribution < -0.4 is 9.62 Å². The summed E-state index contributed by atoms with van der Waals surface area (Å²) in [7, 11) is -4.30. The molecule has 2 rings (SSSR count). The number of nitrogens with one attached hydrogen (secondary N) is 1. The van der Waals surface area contributed by atoms with Gasteiger partial charge in [0.2, 0.25) is 5.91 Å². The molecule has 0 heterocycles. The zero-order valence-corrected chi connectivity index (χ0v) is 19.6. The van der Waals surface area contributed by atoms with Crippen LogP contribution >= 0.6 is 0 Å². The Bertz CT molecular complexity index is 1040. The van der Waals surface area contributed by atoms with Gasteiger partial charge < -0.3 is 5.32 Å². The van der Waals surface area contributed by atoms with Crippen LogP contribution in [-0.4, -0.2) is 26.4 Å². The zero-order chi connectivity index (χ0) is 24.4. The van der Waals surface area contributed by atoms with Crippen LogP contribution in [-0.2, 0) is 21.0 Å². The van der Waals surface area contributed by atoms with Gasteiger partial charge in [0.25, 0.3) is 10.0 Å². The number of anilines is 1. The van der Waals surface area contributed by atoms with Crippen molar-refractivity contribution >= 4 is 21.6 Å². The summed E-state index contributed by atoms with van der Waals surface area (Å²) in [5.74, 6) is -0.615. The molecule has 32 heavy (non-hydrogen) atoms. The molecule has 0 saturated carbocycles. The van der Waals surface area contributed by atoms with Crippen LogP contribution in [0.4, 0.5) is 18.9 Å². The molecule has 1 amide bonds. The first-order chi connectivity index (χ1) is 14.5. The van der Waals surface area contributed by atoms with E-state index in [-0.39, 0.29) is 16.0 Å². The molecule has 0 bridgehead atoms. The molecule has 1 N–H and O–H groups in total. The van der Waals surface area contributed by atoms with Gasteiger partial charge in [-0.2, -0.15) is 13.2 Å². The lowest BCUT2D eigenvalue weighted by molar-refractivity contribution is -0.137. The minimum absolute atomic E-state index is 0.104. The van der Waals surface area contributed by atoms with Gasteiger partial charge >= 0.3 is 6.18 Å². The molecule has 0 aliphatic heterocycles.